The summed E-state index contributed by atoms with van der Waals surface area (Å²) in [7, 11) is 0. The molecule has 2 aromatic carbocycles. The van der Waals surface area contributed by atoms with Crippen LogP contribution in [-0.2, 0) is 11.3 Å². The summed E-state index contributed by atoms with van der Waals surface area (Å²) in [4.78, 5) is 23.5. The first-order valence-corrected chi connectivity index (χ1v) is 7.74. The van der Waals surface area contributed by atoms with Crippen molar-refractivity contribution in [2.45, 2.75) is 13.0 Å². The molecule has 0 radical (unpaired) electrons. The van der Waals surface area contributed by atoms with Crippen LogP contribution in [0.1, 0.15) is 22.3 Å². The van der Waals surface area contributed by atoms with E-state index in [4.69, 9.17) is 28.5 Å². The maximum atomic E-state index is 12.2. The number of amides is 2. The minimum atomic E-state index is -0.345. The molecule has 2 rings (SSSR count). The van der Waals surface area contributed by atoms with E-state index in [1.807, 2.05) is 6.07 Å². The van der Waals surface area contributed by atoms with Gasteiger partial charge in [0.25, 0.3) is 5.91 Å². The van der Waals surface area contributed by atoms with Crippen LogP contribution in [0.3, 0.4) is 0 Å². The number of benzene rings is 2. The molecule has 122 valence electrons. The van der Waals surface area contributed by atoms with E-state index in [9.17, 15) is 9.59 Å². The first-order chi connectivity index (χ1) is 11.5. The Morgan fingerprint density at radius 3 is 2.58 bits per heavy atom. The molecular weight excluding hydrogens is 349 g/mol. The van der Waals surface area contributed by atoms with Gasteiger partial charge in [0, 0.05) is 17.8 Å². The number of nitriles is 1. The zero-order valence-electron chi connectivity index (χ0n) is 12.5. The molecule has 0 saturated carbocycles. The van der Waals surface area contributed by atoms with Gasteiger partial charge in [-0.25, -0.2) is 0 Å². The van der Waals surface area contributed by atoms with E-state index in [2.05, 4.69) is 10.6 Å². The van der Waals surface area contributed by atoms with Crippen molar-refractivity contribution in [3.63, 3.8) is 0 Å². The summed E-state index contributed by atoms with van der Waals surface area (Å²) >= 11 is 11.7. The lowest BCUT2D eigenvalue weighted by molar-refractivity contribution is -0.120. The summed E-state index contributed by atoms with van der Waals surface area (Å²) in [5, 5.41) is 14.5. The molecule has 7 heteroatoms. The van der Waals surface area contributed by atoms with Gasteiger partial charge in [0.1, 0.15) is 6.42 Å². The van der Waals surface area contributed by atoms with E-state index < -0.39 is 0 Å². The van der Waals surface area contributed by atoms with E-state index in [1.165, 1.54) is 6.07 Å². The number of nitrogens with one attached hydrogen (secondary N) is 2. The van der Waals surface area contributed by atoms with Crippen molar-refractivity contribution in [1.82, 2.24) is 5.32 Å². The fourth-order valence-electron chi connectivity index (χ4n) is 1.93. The summed E-state index contributed by atoms with van der Waals surface area (Å²) in [6, 6.07) is 13.4. The van der Waals surface area contributed by atoms with E-state index >= 15 is 0 Å². The fraction of sp³-hybridized carbons (Fsp3) is 0.118. The van der Waals surface area contributed by atoms with Crippen LogP contribution < -0.4 is 10.6 Å². The predicted molar refractivity (Wildman–Crippen MR) is 92.9 cm³/mol. The van der Waals surface area contributed by atoms with Crippen molar-refractivity contribution >= 4 is 40.7 Å². The molecule has 24 heavy (non-hydrogen) atoms. The van der Waals surface area contributed by atoms with Crippen molar-refractivity contribution in [3.8, 4) is 6.07 Å². The maximum absolute atomic E-state index is 12.2. The predicted octanol–water partition coefficient (Wildman–Crippen LogP) is 3.78. The number of rotatable bonds is 5. The van der Waals surface area contributed by atoms with Crippen molar-refractivity contribution in [3.05, 3.63) is 63.6 Å². The second-order valence-corrected chi connectivity index (χ2v) is 5.71. The molecule has 0 aliphatic heterocycles. The highest BCUT2D eigenvalue weighted by molar-refractivity contribution is 6.42. The van der Waals surface area contributed by atoms with Gasteiger partial charge in [-0.3, -0.25) is 9.59 Å². The zero-order valence-corrected chi connectivity index (χ0v) is 14.0. The van der Waals surface area contributed by atoms with Crippen LogP contribution in [0.4, 0.5) is 5.69 Å². The lowest BCUT2D eigenvalue weighted by Crippen LogP contribution is -2.22. The highest BCUT2D eigenvalue weighted by atomic mass is 35.5. The Morgan fingerprint density at radius 2 is 1.88 bits per heavy atom. The molecule has 2 N–H and O–H groups in total. The maximum Gasteiger partial charge on any atom is 0.255 e. The Morgan fingerprint density at radius 1 is 1.08 bits per heavy atom. The fourth-order valence-corrected chi connectivity index (χ4v) is 2.23. The average Bonchev–Trinajstić information content (AvgIpc) is 2.56. The molecule has 0 unspecified atom stereocenters. The lowest BCUT2D eigenvalue weighted by Gasteiger charge is -2.09. The Balaban J connectivity index is 2.03. The van der Waals surface area contributed by atoms with E-state index in [1.54, 1.807) is 36.4 Å². The highest BCUT2D eigenvalue weighted by Crippen LogP contribution is 2.23. The molecule has 0 heterocycles. The molecule has 0 aromatic heterocycles. The Labute approximate surface area is 149 Å². The standard InChI is InChI=1S/C17H13Cl2N3O2/c18-14-5-4-12(9-15(14)19)17(24)22-13-3-1-2-11(8-13)10-21-16(23)6-7-20/h1-5,8-9H,6,10H2,(H,21,23)(H,22,24). The van der Waals surface area contributed by atoms with Gasteiger partial charge in [-0.2, -0.15) is 5.26 Å². The van der Waals surface area contributed by atoms with E-state index in [0.29, 0.717) is 21.3 Å². The van der Waals surface area contributed by atoms with Crippen LogP contribution in [0.25, 0.3) is 0 Å². The third-order valence-corrected chi connectivity index (χ3v) is 3.83. The van der Waals surface area contributed by atoms with Crippen LogP contribution >= 0.6 is 23.2 Å². The van der Waals surface area contributed by atoms with Gasteiger partial charge in [0.05, 0.1) is 16.1 Å². The summed E-state index contributed by atoms with van der Waals surface area (Å²) < 4.78 is 0. The molecule has 2 aromatic rings. The first-order valence-electron chi connectivity index (χ1n) is 6.98. The molecule has 0 fully saturated rings. The minimum Gasteiger partial charge on any atom is -0.351 e. The number of carbonyl (C=O) groups excluding carboxylic acids is 2. The van der Waals surface area contributed by atoms with Crippen LogP contribution in [0, 0.1) is 11.3 Å². The number of halogens is 2. The Hall–Kier alpha value is -2.55. The monoisotopic (exact) mass is 361 g/mol. The molecule has 0 atom stereocenters. The average molecular weight is 362 g/mol. The molecule has 0 bridgehead atoms. The van der Waals surface area contributed by atoms with Crippen LogP contribution in [0.2, 0.25) is 10.0 Å². The number of carbonyl (C=O) groups is 2. The van der Waals surface area contributed by atoms with Gasteiger partial charge >= 0.3 is 0 Å². The molecular formula is C17H13Cl2N3O2. The lowest BCUT2D eigenvalue weighted by atomic mass is 10.1. The summed E-state index contributed by atoms with van der Waals surface area (Å²) in [5.41, 5.74) is 1.77. The first kappa shape index (κ1) is 17.8. The molecule has 0 saturated heterocycles. The van der Waals surface area contributed by atoms with Crippen molar-refractivity contribution in [2.75, 3.05) is 5.32 Å². The van der Waals surface area contributed by atoms with E-state index in [-0.39, 0.29) is 24.8 Å². The zero-order chi connectivity index (χ0) is 17.5. The van der Waals surface area contributed by atoms with Crippen LogP contribution in [0.15, 0.2) is 42.5 Å². The quantitative estimate of drug-likeness (QED) is 0.849. The van der Waals surface area contributed by atoms with Crippen LogP contribution in [0.5, 0.6) is 0 Å². The van der Waals surface area contributed by atoms with Gasteiger partial charge in [0.2, 0.25) is 5.91 Å². The van der Waals surface area contributed by atoms with Crippen molar-refractivity contribution in [2.24, 2.45) is 0 Å². The molecule has 0 aliphatic carbocycles. The second-order valence-electron chi connectivity index (χ2n) is 4.90. The van der Waals surface area contributed by atoms with Crippen LogP contribution in [-0.4, -0.2) is 11.8 Å². The van der Waals surface area contributed by atoms with Gasteiger partial charge in [0.15, 0.2) is 0 Å². The third-order valence-electron chi connectivity index (χ3n) is 3.10. The van der Waals surface area contributed by atoms with Gasteiger partial charge in [-0.1, -0.05) is 35.3 Å². The van der Waals surface area contributed by atoms with Gasteiger partial charge in [-0.15, -0.1) is 0 Å². The number of nitrogens with zero attached hydrogens (tertiary/aromatic N) is 1. The highest BCUT2D eigenvalue weighted by Gasteiger charge is 2.09. The summed E-state index contributed by atoms with van der Waals surface area (Å²) in [6.07, 6.45) is -0.187. The smallest absolute Gasteiger partial charge is 0.255 e. The third kappa shape index (κ3) is 4.98. The normalized spacial score (nSPS) is 9.88. The SMILES string of the molecule is N#CCC(=O)NCc1cccc(NC(=O)c2ccc(Cl)c(Cl)c2)c1. The molecule has 2 amide bonds. The second kappa shape index (κ2) is 8.34. The van der Waals surface area contributed by atoms with E-state index in [0.717, 1.165) is 5.56 Å². The Kier molecular flexibility index (Phi) is 6.19. The topological polar surface area (TPSA) is 82.0 Å². The van der Waals surface area contributed by atoms with Gasteiger partial charge in [-0.05, 0) is 35.9 Å². The number of hydrogen-bond acceptors (Lipinski definition) is 3. The molecule has 0 spiro atoms. The van der Waals surface area contributed by atoms with Crippen molar-refractivity contribution < 1.29 is 9.59 Å². The Bertz CT molecular complexity index is 816. The van der Waals surface area contributed by atoms with Gasteiger partial charge < -0.3 is 10.6 Å². The number of anilines is 1. The number of hydrogen-bond donors (Lipinski definition) is 2. The summed E-state index contributed by atoms with van der Waals surface area (Å²) in [6.45, 7) is 0.275. The molecule has 5 nitrogen and oxygen atoms in total. The minimum absolute atomic E-state index is 0.187. The largest absolute Gasteiger partial charge is 0.351 e. The summed E-state index contributed by atoms with van der Waals surface area (Å²) in [5.74, 6) is -0.665. The molecule has 0 aliphatic rings. The van der Waals surface area contributed by atoms with Crippen molar-refractivity contribution in [1.29, 1.82) is 5.26 Å².